The van der Waals surface area contributed by atoms with E-state index in [1.807, 2.05) is 13.8 Å². The SMILES string of the molecule is CCOP(=S)(OCC(C)C)Oc1cnn(C)c(=O)c1OC. The van der Waals surface area contributed by atoms with Gasteiger partial charge in [0.05, 0.1) is 26.5 Å². The average molecular weight is 336 g/mol. The summed E-state index contributed by atoms with van der Waals surface area (Å²) in [5.41, 5.74) is -0.420. The Morgan fingerprint density at radius 1 is 1.43 bits per heavy atom. The molecule has 0 saturated carbocycles. The molecule has 1 heterocycles. The first kappa shape index (κ1) is 18.1. The van der Waals surface area contributed by atoms with Gasteiger partial charge in [-0.3, -0.25) is 13.8 Å². The van der Waals surface area contributed by atoms with Crippen LogP contribution in [0.2, 0.25) is 0 Å². The van der Waals surface area contributed by atoms with Crippen LogP contribution < -0.4 is 14.8 Å². The number of ether oxygens (including phenoxy) is 1. The highest BCUT2D eigenvalue weighted by Crippen LogP contribution is 2.51. The number of nitrogens with zero attached hydrogens (tertiary/aromatic N) is 2. The lowest BCUT2D eigenvalue weighted by Gasteiger charge is -2.23. The molecule has 0 N–H and O–H groups in total. The number of aryl methyl sites for hydroxylation is 1. The monoisotopic (exact) mass is 336 g/mol. The molecule has 0 fully saturated rings. The highest BCUT2D eigenvalue weighted by atomic mass is 32.5. The van der Waals surface area contributed by atoms with Crippen molar-refractivity contribution in [2.75, 3.05) is 20.3 Å². The van der Waals surface area contributed by atoms with Gasteiger partial charge in [0, 0.05) is 18.9 Å². The van der Waals surface area contributed by atoms with Crippen molar-refractivity contribution in [3.63, 3.8) is 0 Å². The zero-order valence-electron chi connectivity index (χ0n) is 12.9. The number of hydrogen-bond acceptors (Lipinski definition) is 7. The fourth-order valence-electron chi connectivity index (χ4n) is 1.36. The van der Waals surface area contributed by atoms with Gasteiger partial charge in [0.1, 0.15) is 0 Å². The third-order valence-corrected chi connectivity index (χ3v) is 4.64. The Morgan fingerprint density at radius 3 is 2.62 bits per heavy atom. The molecule has 0 aromatic carbocycles. The summed E-state index contributed by atoms with van der Waals surface area (Å²) in [5, 5.41) is 3.89. The van der Waals surface area contributed by atoms with Gasteiger partial charge >= 0.3 is 12.3 Å². The van der Waals surface area contributed by atoms with Crippen LogP contribution in [0, 0.1) is 5.92 Å². The van der Waals surface area contributed by atoms with Crippen molar-refractivity contribution >= 4 is 18.5 Å². The minimum Gasteiger partial charge on any atom is -0.488 e. The van der Waals surface area contributed by atoms with Crippen LogP contribution in [0.1, 0.15) is 20.8 Å². The van der Waals surface area contributed by atoms with Gasteiger partial charge in [0.2, 0.25) is 5.75 Å². The van der Waals surface area contributed by atoms with Crippen LogP contribution in [-0.4, -0.2) is 30.1 Å². The normalized spacial score (nSPS) is 14.0. The third kappa shape index (κ3) is 5.07. The Bertz CT molecular complexity index is 575. The quantitative estimate of drug-likeness (QED) is 0.673. The number of methoxy groups -OCH3 is 1. The van der Waals surface area contributed by atoms with Crippen LogP contribution >= 0.6 is 6.72 Å². The minimum atomic E-state index is -3.01. The Balaban J connectivity index is 3.07. The van der Waals surface area contributed by atoms with E-state index in [4.69, 9.17) is 30.1 Å². The van der Waals surface area contributed by atoms with E-state index in [-0.39, 0.29) is 17.4 Å². The van der Waals surface area contributed by atoms with Crippen LogP contribution in [-0.2, 0) is 27.9 Å². The molecule has 0 radical (unpaired) electrons. The predicted molar refractivity (Wildman–Crippen MR) is 83.4 cm³/mol. The summed E-state index contributed by atoms with van der Waals surface area (Å²) in [6, 6.07) is 0. The van der Waals surface area contributed by atoms with E-state index in [9.17, 15) is 4.79 Å². The highest BCUT2D eigenvalue weighted by Gasteiger charge is 2.26. The average Bonchev–Trinajstić information content (AvgIpc) is 2.42. The smallest absolute Gasteiger partial charge is 0.380 e. The van der Waals surface area contributed by atoms with Crippen LogP contribution in [0.4, 0.5) is 0 Å². The van der Waals surface area contributed by atoms with E-state index in [1.165, 1.54) is 20.4 Å². The van der Waals surface area contributed by atoms with Crippen molar-refractivity contribution in [3.8, 4) is 11.5 Å². The van der Waals surface area contributed by atoms with Gasteiger partial charge in [-0.05, 0) is 12.8 Å². The van der Waals surface area contributed by atoms with Gasteiger partial charge in [-0.1, -0.05) is 13.8 Å². The highest BCUT2D eigenvalue weighted by molar-refractivity contribution is 8.07. The van der Waals surface area contributed by atoms with Gasteiger partial charge in [-0.15, -0.1) is 0 Å². The fraction of sp³-hybridized carbons (Fsp3) is 0.667. The third-order valence-electron chi connectivity index (χ3n) is 2.33. The lowest BCUT2D eigenvalue weighted by molar-refractivity contribution is 0.189. The Labute approximate surface area is 129 Å². The molecule has 0 aliphatic rings. The van der Waals surface area contributed by atoms with Crippen LogP contribution in [0.5, 0.6) is 11.5 Å². The summed E-state index contributed by atoms with van der Waals surface area (Å²) >= 11 is 5.34. The van der Waals surface area contributed by atoms with Gasteiger partial charge in [0.25, 0.3) is 0 Å². The molecule has 1 aromatic heterocycles. The van der Waals surface area contributed by atoms with Gasteiger partial charge < -0.3 is 9.26 Å². The fourth-order valence-corrected chi connectivity index (χ4v) is 3.45. The van der Waals surface area contributed by atoms with E-state index in [0.717, 1.165) is 4.68 Å². The molecule has 0 amide bonds. The molecule has 1 aromatic rings. The molecule has 21 heavy (non-hydrogen) atoms. The molecule has 0 bridgehead atoms. The molecular weight excluding hydrogens is 315 g/mol. The molecule has 1 rings (SSSR count). The Hall–Kier alpha value is -0.950. The van der Waals surface area contributed by atoms with Crippen LogP contribution in [0.25, 0.3) is 0 Å². The Kier molecular flexibility index (Phi) is 6.80. The lowest BCUT2D eigenvalue weighted by Crippen LogP contribution is -2.21. The number of hydrogen-bond donors (Lipinski definition) is 0. The van der Waals surface area contributed by atoms with Gasteiger partial charge in [0.15, 0.2) is 5.75 Å². The van der Waals surface area contributed by atoms with E-state index < -0.39 is 12.3 Å². The van der Waals surface area contributed by atoms with Crippen LogP contribution in [0.15, 0.2) is 11.0 Å². The standard InChI is InChI=1S/C12H21N2O5PS/c1-6-17-20(21,18-8-9(2)3)19-10-7-13-14(4)12(15)11(10)16-5/h7,9H,6,8H2,1-5H3. The minimum absolute atomic E-state index is 0.0228. The molecule has 120 valence electrons. The van der Waals surface area contributed by atoms with E-state index in [1.54, 1.807) is 6.92 Å². The lowest BCUT2D eigenvalue weighted by atomic mass is 10.2. The van der Waals surface area contributed by atoms with E-state index in [0.29, 0.717) is 13.2 Å². The molecule has 9 heteroatoms. The van der Waals surface area contributed by atoms with Crippen molar-refractivity contribution < 1.29 is 18.3 Å². The zero-order valence-corrected chi connectivity index (χ0v) is 14.6. The number of rotatable bonds is 8. The molecule has 1 atom stereocenters. The molecule has 0 aliphatic carbocycles. The Morgan fingerprint density at radius 2 is 2.10 bits per heavy atom. The van der Waals surface area contributed by atoms with E-state index >= 15 is 0 Å². The maximum atomic E-state index is 11.9. The number of aromatic nitrogens is 2. The topological polar surface area (TPSA) is 71.8 Å². The second kappa shape index (κ2) is 7.89. The predicted octanol–water partition coefficient (Wildman–Crippen LogP) is 2.10. The first-order chi connectivity index (χ1) is 9.83. The molecule has 0 spiro atoms. The molecule has 7 nitrogen and oxygen atoms in total. The maximum Gasteiger partial charge on any atom is 0.380 e. The van der Waals surface area contributed by atoms with Gasteiger partial charge in [-0.25, -0.2) is 4.68 Å². The molecule has 0 saturated heterocycles. The van der Waals surface area contributed by atoms with Crippen molar-refractivity contribution in [1.82, 2.24) is 9.78 Å². The molecule has 1 unspecified atom stereocenters. The summed E-state index contributed by atoms with van der Waals surface area (Å²) in [5.74, 6) is 0.427. The second-order valence-electron chi connectivity index (χ2n) is 4.62. The second-order valence-corrected chi connectivity index (χ2v) is 7.55. The molecule has 0 aliphatic heterocycles. The van der Waals surface area contributed by atoms with Crippen molar-refractivity contribution in [2.24, 2.45) is 13.0 Å². The van der Waals surface area contributed by atoms with E-state index in [2.05, 4.69) is 5.10 Å². The summed E-state index contributed by atoms with van der Waals surface area (Å²) in [6.45, 7) is 3.52. The molecular formula is C12H21N2O5PS. The van der Waals surface area contributed by atoms with Crippen molar-refractivity contribution in [1.29, 1.82) is 0 Å². The summed E-state index contributed by atoms with van der Waals surface area (Å²) in [6.07, 6.45) is 1.36. The zero-order chi connectivity index (χ0) is 16.0. The summed E-state index contributed by atoms with van der Waals surface area (Å²) in [7, 11) is 2.89. The first-order valence-electron chi connectivity index (χ1n) is 6.52. The maximum absolute atomic E-state index is 11.9. The summed E-state index contributed by atoms with van der Waals surface area (Å²) in [4.78, 5) is 11.9. The first-order valence-corrected chi connectivity index (χ1v) is 9.07. The van der Waals surface area contributed by atoms with Crippen molar-refractivity contribution in [2.45, 2.75) is 20.8 Å². The van der Waals surface area contributed by atoms with Crippen molar-refractivity contribution in [3.05, 3.63) is 16.6 Å². The summed E-state index contributed by atoms with van der Waals surface area (Å²) < 4.78 is 22.9. The largest absolute Gasteiger partial charge is 0.488 e. The van der Waals surface area contributed by atoms with Crippen LogP contribution in [0.3, 0.4) is 0 Å². The van der Waals surface area contributed by atoms with Gasteiger partial charge in [-0.2, -0.15) is 5.10 Å².